The zero-order valence-corrected chi connectivity index (χ0v) is 20.2. The lowest BCUT2D eigenvalue weighted by Gasteiger charge is -2.34. The summed E-state index contributed by atoms with van der Waals surface area (Å²) in [6, 6.07) is 28.3. The fourth-order valence-electron chi connectivity index (χ4n) is 4.46. The molecule has 0 saturated carbocycles. The van der Waals surface area contributed by atoms with Crippen LogP contribution in [-0.4, -0.2) is 48.5 Å². The first-order chi connectivity index (χ1) is 17.0. The molecule has 0 unspecified atom stereocenters. The Labute approximate surface area is 210 Å². The molecule has 1 aliphatic heterocycles. The second-order valence-electron chi connectivity index (χ2n) is 8.89. The normalized spacial score (nSPS) is 14.3. The number of fused-ring (bicyclic) bond motifs is 1. The highest BCUT2D eigenvalue weighted by molar-refractivity contribution is 6.30. The molecule has 1 fully saturated rings. The van der Waals surface area contributed by atoms with E-state index < -0.39 is 0 Å². The van der Waals surface area contributed by atoms with Gasteiger partial charge in [-0.25, -0.2) is 0 Å². The molecule has 2 N–H and O–H groups in total. The van der Waals surface area contributed by atoms with E-state index in [1.165, 1.54) is 16.3 Å². The van der Waals surface area contributed by atoms with Gasteiger partial charge < -0.3 is 15.4 Å². The van der Waals surface area contributed by atoms with E-state index in [1.54, 1.807) is 0 Å². The summed E-state index contributed by atoms with van der Waals surface area (Å²) < 4.78 is 5.80. The van der Waals surface area contributed by atoms with Crippen LogP contribution in [0.3, 0.4) is 0 Å². The highest BCUT2D eigenvalue weighted by Gasteiger charge is 2.21. The molecule has 4 aromatic rings. The van der Waals surface area contributed by atoms with Crippen molar-refractivity contribution < 1.29 is 9.53 Å². The second-order valence-corrected chi connectivity index (χ2v) is 9.32. The van der Waals surface area contributed by atoms with Crippen molar-refractivity contribution in [1.82, 2.24) is 9.80 Å². The Balaban J connectivity index is 1.14. The number of halogens is 1. The maximum absolute atomic E-state index is 12.7. The quantitative estimate of drug-likeness (QED) is 0.368. The number of nitrogens with zero attached hydrogens (tertiary/aromatic N) is 2. The fourth-order valence-corrected chi connectivity index (χ4v) is 4.59. The van der Waals surface area contributed by atoms with Gasteiger partial charge in [-0.1, -0.05) is 66.2 Å². The van der Waals surface area contributed by atoms with Crippen molar-refractivity contribution in [3.63, 3.8) is 0 Å². The number of benzene rings is 4. The maximum atomic E-state index is 12.7. The monoisotopic (exact) mass is 485 g/mol. The molecule has 5 nitrogen and oxygen atoms in total. The summed E-state index contributed by atoms with van der Waals surface area (Å²) in [5, 5.41) is 3.13. The molecule has 1 amide bonds. The van der Waals surface area contributed by atoms with Crippen LogP contribution in [0.4, 0.5) is 5.69 Å². The molecule has 1 heterocycles. The number of amides is 1. The minimum Gasteiger partial charge on any atom is -0.482 e. The van der Waals surface area contributed by atoms with Crippen molar-refractivity contribution in [2.24, 2.45) is 0 Å². The van der Waals surface area contributed by atoms with Gasteiger partial charge in [-0.05, 0) is 57.8 Å². The Bertz CT molecular complexity index is 1330. The lowest BCUT2D eigenvalue weighted by molar-refractivity contribution is -0.135. The molecule has 178 valence electrons. The number of ether oxygens (including phenoxy) is 1. The van der Waals surface area contributed by atoms with Gasteiger partial charge >= 0.3 is 0 Å². The van der Waals surface area contributed by atoms with E-state index in [0.29, 0.717) is 24.5 Å². The topological polar surface area (TPSA) is 58.8 Å². The van der Waals surface area contributed by atoms with Crippen LogP contribution in [0.5, 0.6) is 5.75 Å². The Morgan fingerprint density at radius 3 is 2.26 bits per heavy atom. The number of hydrogen-bond donors (Lipinski definition) is 1. The molecule has 4 aromatic carbocycles. The average Bonchev–Trinajstić information content (AvgIpc) is 2.89. The van der Waals surface area contributed by atoms with Crippen LogP contribution in [0.1, 0.15) is 5.56 Å². The third-order valence-corrected chi connectivity index (χ3v) is 6.74. The zero-order valence-electron chi connectivity index (χ0n) is 19.5. The van der Waals surface area contributed by atoms with Crippen molar-refractivity contribution >= 4 is 34.0 Å². The predicted molar refractivity (Wildman–Crippen MR) is 143 cm³/mol. The van der Waals surface area contributed by atoms with Crippen molar-refractivity contribution in [3.8, 4) is 16.9 Å². The van der Waals surface area contributed by atoms with Gasteiger partial charge in [-0.3, -0.25) is 9.69 Å². The summed E-state index contributed by atoms with van der Waals surface area (Å²) in [4.78, 5) is 16.9. The largest absolute Gasteiger partial charge is 0.482 e. The summed E-state index contributed by atoms with van der Waals surface area (Å²) in [7, 11) is 0. The summed E-state index contributed by atoms with van der Waals surface area (Å²) in [6.45, 7) is 3.87. The number of piperazine rings is 1. The third-order valence-electron chi connectivity index (χ3n) is 6.49. The van der Waals surface area contributed by atoms with Crippen LogP contribution >= 0.6 is 11.6 Å². The van der Waals surface area contributed by atoms with E-state index in [1.807, 2.05) is 59.5 Å². The van der Waals surface area contributed by atoms with Crippen molar-refractivity contribution in [3.05, 3.63) is 95.5 Å². The summed E-state index contributed by atoms with van der Waals surface area (Å²) in [6.07, 6.45) is 0. The van der Waals surface area contributed by atoms with Crippen LogP contribution in [0.25, 0.3) is 21.9 Å². The van der Waals surface area contributed by atoms with Crippen LogP contribution < -0.4 is 10.5 Å². The molecule has 0 radical (unpaired) electrons. The van der Waals surface area contributed by atoms with Gasteiger partial charge in [0.05, 0.1) is 5.69 Å². The fraction of sp³-hybridized carbons (Fsp3) is 0.207. The smallest absolute Gasteiger partial charge is 0.260 e. The van der Waals surface area contributed by atoms with E-state index in [9.17, 15) is 4.79 Å². The predicted octanol–water partition coefficient (Wildman–Crippen LogP) is 5.47. The molecule has 0 bridgehead atoms. The number of carbonyl (C=O) groups is 1. The number of anilines is 1. The number of nitrogens with two attached hydrogens (primary N) is 1. The lowest BCUT2D eigenvalue weighted by atomic mass is 10.0. The molecular weight excluding hydrogens is 458 g/mol. The molecule has 1 saturated heterocycles. The molecule has 35 heavy (non-hydrogen) atoms. The molecule has 0 atom stereocenters. The molecule has 0 spiro atoms. The first-order valence-electron chi connectivity index (χ1n) is 11.8. The first kappa shape index (κ1) is 23.2. The first-order valence-corrected chi connectivity index (χ1v) is 12.2. The summed E-state index contributed by atoms with van der Waals surface area (Å²) in [5.74, 6) is 0.512. The van der Waals surface area contributed by atoms with Gasteiger partial charge in [0.25, 0.3) is 5.91 Å². The summed E-state index contributed by atoms with van der Waals surface area (Å²) >= 11 is 5.97. The van der Waals surface area contributed by atoms with Gasteiger partial charge in [-0.2, -0.15) is 0 Å². The Morgan fingerprint density at radius 2 is 1.51 bits per heavy atom. The van der Waals surface area contributed by atoms with Gasteiger partial charge in [-0.15, -0.1) is 0 Å². The van der Waals surface area contributed by atoms with E-state index in [-0.39, 0.29) is 12.5 Å². The molecule has 0 aromatic heterocycles. The van der Waals surface area contributed by atoms with E-state index >= 15 is 0 Å². The molecule has 6 heteroatoms. The number of carbonyl (C=O) groups excluding carboxylic acids is 1. The van der Waals surface area contributed by atoms with Crippen molar-refractivity contribution in [2.75, 3.05) is 38.5 Å². The maximum Gasteiger partial charge on any atom is 0.260 e. The molecule has 5 rings (SSSR count). The van der Waals surface area contributed by atoms with Gasteiger partial charge in [0.1, 0.15) is 5.75 Å². The minimum atomic E-state index is -0.0193. The van der Waals surface area contributed by atoms with Crippen molar-refractivity contribution in [2.45, 2.75) is 6.54 Å². The molecule has 0 aliphatic carbocycles. The highest BCUT2D eigenvalue weighted by atomic mass is 35.5. The third kappa shape index (κ3) is 5.59. The average molecular weight is 486 g/mol. The van der Waals surface area contributed by atoms with Crippen LogP contribution in [0.2, 0.25) is 5.02 Å². The van der Waals surface area contributed by atoms with Crippen LogP contribution in [0.15, 0.2) is 84.9 Å². The number of rotatable bonds is 6. The SMILES string of the molecule is Nc1cc(-c2ccc3ccccc3c2)ccc1OCC(=O)N1CCN(Cc2ccc(Cl)cc2)CC1. The van der Waals surface area contributed by atoms with Crippen LogP contribution in [0, 0.1) is 0 Å². The standard InChI is InChI=1S/C29H28ClN3O2/c30-26-10-5-21(6-11-26)19-32-13-15-33(16-14-32)29(34)20-35-28-12-9-25(18-27(28)31)24-8-7-22-3-1-2-4-23(22)17-24/h1-12,17-18H,13-16,19-20,31H2. The lowest BCUT2D eigenvalue weighted by Crippen LogP contribution is -2.49. The van der Waals surface area contributed by atoms with E-state index in [2.05, 4.69) is 35.2 Å². The molecular formula is C29H28ClN3O2. The van der Waals surface area contributed by atoms with Gasteiger partial charge in [0.2, 0.25) is 0 Å². The van der Waals surface area contributed by atoms with Crippen LogP contribution in [-0.2, 0) is 11.3 Å². The van der Waals surface area contributed by atoms with Gasteiger partial charge in [0.15, 0.2) is 6.61 Å². The highest BCUT2D eigenvalue weighted by Crippen LogP contribution is 2.30. The second kappa shape index (κ2) is 10.4. The number of nitrogen functional groups attached to an aromatic ring is 1. The minimum absolute atomic E-state index is 0.0172. The van der Waals surface area contributed by atoms with E-state index in [4.69, 9.17) is 22.1 Å². The Morgan fingerprint density at radius 1 is 0.829 bits per heavy atom. The molecule has 1 aliphatic rings. The summed E-state index contributed by atoms with van der Waals surface area (Å²) in [5.41, 5.74) is 10.1. The number of hydrogen-bond acceptors (Lipinski definition) is 4. The Hall–Kier alpha value is -3.54. The van der Waals surface area contributed by atoms with Crippen molar-refractivity contribution in [1.29, 1.82) is 0 Å². The zero-order chi connectivity index (χ0) is 24.2. The van der Waals surface area contributed by atoms with E-state index in [0.717, 1.165) is 35.8 Å². The van der Waals surface area contributed by atoms with Gasteiger partial charge in [0, 0.05) is 37.7 Å². The Kier molecular flexibility index (Phi) is 6.89.